The van der Waals surface area contributed by atoms with Gasteiger partial charge in [0, 0.05) is 12.4 Å². The second-order valence-corrected chi connectivity index (χ2v) is 6.30. The minimum atomic E-state index is -0.169. The van der Waals surface area contributed by atoms with Crippen LogP contribution in [-0.2, 0) is 13.6 Å². The van der Waals surface area contributed by atoms with Crippen LogP contribution >= 0.6 is 0 Å². The molecule has 0 fully saturated rings. The summed E-state index contributed by atoms with van der Waals surface area (Å²) in [7, 11) is 3.75. The van der Waals surface area contributed by atoms with Gasteiger partial charge in [-0.05, 0) is 26.1 Å². The maximum atomic E-state index is 12.2. The van der Waals surface area contributed by atoms with Crippen LogP contribution in [0.15, 0.2) is 45.7 Å². The summed E-state index contributed by atoms with van der Waals surface area (Å²) in [5.74, 6) is 1.49. The Morgan fingerprint density at radius 3 is 2.96 bits per heavy atom. The van der Waals surface area contributed by atoms with Crippen molar-refractivity contribution >= 4 is 22.0 Å². The minimum Gasteiger partial charge on any atom is -0.459 e. The Morgan fingerprint density at radius 1 is 1.36 bits per heavy atom. The first-order chi connectivity index (χ1) is 12.0. The molecule has 0 aliphatic carbocycles. The standard InChI is InChI=1S/C18H19N5O2/c1-11(15-8-12-6-4-5-7-14(12)25-15)22(2)10-16-20-17-13(18(24)21-16)9-19-23(17)3/h4-9,11H,10H2,1-3H3,(H,20,21,24)/t11-/m0/s1. The largest absolute Gasteiger partial charge is 0.459 e. The summed E-state index contributed by atoms with van der Waals surface area (Å²) >= 11 is 0. The first-order valence-corrected chi connectivity index (χ1v) is 8.12. The molecule has 1 aromatic carbocycles. The topological polar surface area (TPSA) is 79.9 Å². The van der Waals surface area contributed by atoms with Gasteiger partial charge in [0.15, 0.2) is 5.65 Å². The number of para-hydroxylation sites is 1. The van der Waals surface area contributed by atoms with Crippen molar-refractivity contribution in [3.63, 3.8) is 0 Å². The number of H-pyrrole nitrogens is 1. The van der Waals surface area contributed by atoms with E-state index < -0.39 is 0 Å². The molecule has 1 N–H and O–H groups in total. The Hall–Kier alpha value is -2.93. The molecule has 4 rings (SSSR count). The SMILES string of the molecule is C[C@@H](c1cc2ccccc2o1)N(C)Cc1nc2c(cnn2C)c(=O)[nH]1. The second kappa shape index (κ2) is 5.86. The zero-order chi connectivity index (χ0) is 17.6. The average Bonchev–Trinajstić information content (AvgIpc) is 3.18. The number of hydrogen-bond donors (Lipinski definition) is 1. The van der Waals surface area contributed by atoms with Gasteiger partial charge in [0.25, 0.3) is 5.56 Å². The predicted octanol–water partition coefficient (Wildman–Crippen LogP) is 2.60. The molecule has 0 aliphatic heterocycles. The summed E-state index contributed by atoms with van der Waals surface area (Å²) in [4.78, 5) is 21.6. The molecule has 0 amide bonds. The van der Waals surface area contributed by atoms with E-state index in [1.807, 2.05) is 31.3 Å². The van der Waals surface area contributed by atoms with Crippen LogP contribution in [0.4, 0.5) is 0 Å². The number of fused-ring (bicyclic) bond motifs is 2. The van der Waals surface area contributed by atoms with Gasteiger partial charge < -0.3 is 9.40 Å². The maximum absolute atomic E-state index is 12.2. The number of nitrogens with zero attached hydrogens (tertiary/aromatic N) is 4. The minimum absolute atomic E-state index is 0.0416. The fourth-order valence-corrected chi connectivity index (χ4v) is 2.95. The fraction of sp³-hybridized carbons (Fsp3) is 0.278. The van der Waals surface area contributed by atoms with E-state index in [2.05, 4.69) is 33.0 Å². The third-order valence-corrected chi connectivity index (χ3v) is 4.57. The molecule has 0 radical (unpaired) electrons. The molecule has 25 heavy (non-hydrogen) atoms. The Labute approximate surface area is 143 Å². The van der Waals surface area contributed by atoms with Crippen molar-refractivity contribution < 1.29 is 4.42 Å². The summed E-state index contributed by atoms with van der Waals surface area (Å²) in [6, 6.07) is 10.0. The molecule has 0 spiro atoms. The summed E-state index contributed by atoms with van der Waals surface area (Å²) in [5, 5.41) is 5.67. The lowest BCUT2D eigenvalue weighted by Gasteiger charge is -2.22. The number of rotatable bonds is 4. The van der Waals surface area contributed by atoms with Gasteiger partial charge >= 0.3 is 0 Å². The van der Waals surface area contributed by atoms with Crippen molar-refractivity contribution in [1.82, 2.24) is 24.6 Å². The smallest absolute Gasteiger partial charge is 0.262 e. The molecule has 7 nitrogen and oxygen atoms in total. The Balaban J connectivity index is 1.61. The maximum Gasteiger partial charge on any atom is 0.262 e. The van der Waals surface area contributed by atoms with Crippen LogP contribution < -0.4 is 5.56 Å². The van der Waals surface area contributed by atoms with E-state index in [4.69, 9.17) is 4.42 Å². The molecular formula is C18H19N5O2. The monoisotopic (exact) mass is 337 g/mol. The Bertz CT molecular complexity index is 1070. The van der Waals surface area contributed by atoms with E-state index in [-0.39, 0.29) is 11.6 Å². The first kappa shape index (κ1) is 15.6. The molecule has 0 unspecified atom stereocenters. The van der Waals surface area contributed by atoms with Crippen molar-refractivity contribution in [2.24, 2.45) is 7.05 Å². The molecule has 0 saturated heterocycles. The number of furan rings is 1. The van der Waals surface area contributed by atoms with E-state index in [0.717, 1.165) is 16.7 Å². The molecule has 7 heteroatoms. The lowest BCUT2D eigenvalue weighted by atomic mass is 10.2. The zero-order valence-corrected chi connectivity index (χ0v) is 14.4. The Kier molecular flexibility index (Phi) is 3.65. The predicted molar refractivity (Wildman–Crippen MR) is 95.2 cm³/mol. The summed E-state index contributed by atoms with van der Waals surface area (Å²) in [6.07, 6.45) is 1.53. The molecule has 0 bridgehead atoms. The number of aromatic nitrogens is 4. The van der Waals surface area contributed by atoms with E-state index in [1.165, 1.54) is 6.20 Å². The van der Waals surface area contributed by atoms with Crippen molar-refractivity contribution in [1.29, 1.82) is 0 Å². The highest BCUT2D eigenvalue weighted by atomic mass is 16.3. The molecule has 4 aromatic rings. The number of hydrogen-bond acceptors (Lipinski definition) is 5. The van der Waals surface area contributed by atoms with Crippen molar-refractivity contribution in [2.45, 2.75) is 19.5 Å². The molecule has 0 aliphatic rings. The van der Waals surface area contributed by atoms with Crippen LogP contribution in [0.25, 0.3) is 22.0 Å². The highest BCUT2D eigenvalue weighted by molar-refractivity contribution is 5.77. The van der Waals surface area contributed by atoms with Gasteiger partial charge in [-0.25, -0.2) is 4.98 Å². The first-order valence-electron chi connectivity index (χ1n) is 8.12. The lowest BCUT2D eigenvalue weighted by Crippen LogP contribution is -2.24. The lowest BCUT2D eigenvalue weighted by molar-refractivity contribution is 0.221. The fourth-order valence-electron chi connectivity index (χ4n) is 2.95. The molecule has 3 aromatic heterocycles. The molecular weight excluding hydrogens is 318 g/mol. The van der Waals surface area contributed by atoms with Gasteiger partial charge in [0.05, 0.1) is 18.8 Å². The number of aryl methyl sites for hydroxylation is 1. The number of aromatic amines is 1. The summed E-state index contributed by atoms with van der Waals surface area (Å²) in [6.45, 7) is 2.56. The molecule has 3 heterocycles. The van der Waals surface area contributed by atoms with Crippen molar-refractivity contribution in [3.05, 3.63) is 58.5 Å². The van der Waals surface area contributed by atoms with Gasteiger partial charge in [-0.3, -0.25) is 14.4 Å². The Morgan fingerprint density at radius 2 is 2.16 bits per heavy atom. The summed E-state index contributed by atoms with van der Waals surface area (Å²) < 4.78 is 7.55. The number of benzene rings is 1. The molecule has 1 atom stereocenters. The van der Waals surface area contributed by atoms with Gasteiger partial charge in [0.1, 0.15) is 22.6 Å². The van der Waals surface area contributed by atoms with E-state index >= 15 is 0 Å². The zero-order valence-electron chi connectivity index (χ0n) is 14.4. The van der Waals surface area contributed by atoms with Gasteiger partial charge in [-0.2, -0.15) is 5.10 Å². The van der Waals surface area contributed by atoms with Crippen LogP contribution in [0.3, 0.4) is 0 Å². The molecule has 128 valence electrons. The van der Waals surface area contributed by atoms with Crippen LogP contribution in [-0.4, -0.2) is 31.7 Å². The van der Waals surface area contributed by atoms with E-state index in [9.17, 15) is 4.79 Å². The van der Waals surface area contributed by atoms with Crippen LogP contribution in [0, 0.1) is 0 Å². The van der Waals surface area contributed by atoms with Crippen LogP contribution in [0.2, 0.25) is 0 Å². The van der Waals surface area contributed by atoms with Crippen molar-refractivity contribution in [3.8, 4) is 0 Å². The van der Waals surface area contributed by atoms with Crippen LogP contribution in [0.5, 0.6) is 0 Å². The average molecular weight is 337 g/mol. The normalized spacial score (nSPS) is 13.1. The highest BCUT2D eigenvalue weighted by Gasteiger charge is 2.18. The van der Waals surface area contributed by atoms with Gasteiger partial charge in [-0.1, -0.05) is 18.2 Å². The molecule has 0 saturated carbocycles. The second-order valence-electron chi connectivity index (χ2n) is 6.30. The quantitative estimate of drug-likeness (QED) is 0.619. The van der Waals surface area contributed by atoms with Gasteiger partial charge in [-0.15, -0.1) is 0 Å². The summed E-state index contributed by atoms with van der Waals surface area (Å²) in [5.41, 5.74) is 1.29. The third-order valence-electron chi connectivity index (χ3n) is 4.57. The van der Waals surface area contributed by atoms with E-state index in [1.54, 1.807) is 11.7 Å². The third kappa shape index (κ3) is 2.72. The number of nitrogens with one attached hydrogen (secondary N) is 1. The highest BCUT2D eigenvalue weighted by Crippen LogP contribution is 2.27. The van der Waals surface area contributed by atoms with Gasteiger partial charge in [0.2, 0.25) is 0 Å². The van der Waals surface area contributed by atoms with Crippen molar-refractivity contribution in [2.75, 3.05) is 7.05 Å². The van der Waals surface area contributed by atoms with E-state index in [0.29, 0.717) is 23.4 Å². The van der Waals surface area contributed by atoms with Crippen LogP contribution in [0.1, 0.15) is 24.6 Å².